The van der Waals surface area contributed by atoms with Gasteiger partial charge in [0.25, 0.3) is 0 Å². The van der Waals surface area contributed by atoms with Gasteiger partial charge in [0.05, 0.1) is 18.0 Å². The van der Waals surface area contributed by atoms with Gasteiger partial charge in [0.2, 0.25) is 5.28 Å². The van der Waals surface area contributed by atoms with E-state index in [2.05, 4.69) is 9.97 Å². The maximum Gasteiger partial charge on any atom is 0.222 e. The van der Waals surface area contributed by atoms with E-state index in [1.165, 1.54) is 0 Å². The molecule has 0 aromatic carbocycles. The zero-order chi connectivity index (χ0) is 10.7. The number of aryl methyl sites for hydroxylation is 1. The lowest BCUT2D eigenvalue weighted by molar-refractivity contribution is 0.104. The normalized spacial score (nSPS) is 20.8. The van der Waals surface area contributed by atoms with E-state index in [0.717, 1.165) is 32.1 Å². The maximum atomic E-state index is 13.2. The van der Waals surface area contributed by atoms with Crippen LogP contribution in [0.4, 0.5) is 4.39 Å². The first kappa shape index (κ1) is 10.8. The fourth-order valence-corrected chi connectivity index (χ4v) is 1.87. The molecule has 3 nitrogen and oxygen atoms in total. The van der Waals surface area contributed by atoms with Crippen molar-refractivity contribution in [2.24, 2.45) is 0 Å². The zero-order valence-electron chi connectivity index (χ0n) is 8.25. The smallest absolute Gasteiger partial charge is 0.222 e. The predicted molar refractivity (Wildman–Crippen MR) is 54.3 cm³/mol. The number of hydrogen-bond acceptors (Lipinski definition) is 3. The molecule has 2 heterocycles. The topological polar surface area (TPSA) is 35.0 Å². The minimum atomic E-state index is -0.391. The van der Waals surface area contributed by atoms with E-state index in [1.807, 2.05) is 0 Å². The highest BCUT2D eigenvalue weighted by molar-refractivity contribution is 6.28. The van der Waals surface area contributed by atoms with Crippen LogP contribution >= 0.6 is 11.6 Å². The monoisotopic (exact) mass is 230 g/mol. The first-order valence-corrected chi connectivity index (χ1v) is 5.42. The van der Waals surface area contributed by atoms with Crippen LogP contribution in [0.1, 0.15) is 25.0 Å². The van der Waals surface area contributed by atoms with Crippen LogP contribution < -0.4 is 0 Å². The third-order valence-electron chi connectivity index (χ3n) is 2.51. The summed E-state index contributed by atoms with van der Waals surface area (Å²) >= 11 is 5.59. The fraction of sp³-hybridized carbons (Fsp3) is 0.600. The molecule has 0 aliphatic carbocycles. The van der Waals surface area contributed by atoms with Gasteiger partial charge in [-0.05, 0) is 37.3 Å². The molecular formula is C10H12ClFN2O. The van der Waals surface area contributed by atoms with E-state index in [9.17, 15) is 4.39 Å². The van der Waals surface area contributed by atoms with Crippen LogP contribution in [0.5, 0.6) is 0 Å². The Kier molecular flexibility index (Phi) is 3.49. The van der Waals surface area contributed by atoms with E-state index in [-0.39, 0.29) is 11.4 Å². The van der Waals surface area contributed by atoms with Gasteiger partial charge in [0, 0.05) is 6.61 Å². The van der Waals surface area contributed by atoms with Crippen molar-refractivity contribution >= 4 is 11.6 Å². The Morgan fingerprint density at radius 1 is 1.60 bits per heavy atom. The Bertz CT molecular complexity index is 342. The Balaban J connectivity index is 1.94. The lowest BCUT2D eigenvalue weighted by atomic mass is 10.1. The van der Waals surface area contributed by atoms with E-state index >= 15 is 0 Å². The van der Waals surface area contributed by atoms with Crippen molar-refractivity contribution in [2.75, 3.05) is 6.61 Å². The van der Waals surface area contributed by atoms with Gasteiger partial charge < -0.3 is 4.74 Å². The van der Waals surface area contributed by atoms with E-state index in [1.54, 1.807) is 0 Å². The molecule has 1 unspecified atom stereocenters. The quantitative estimate of drug-likeness (QED) is 0.748. The van der Waals surface area contributed by atoms with Crippen molar-refractivity contribution in [2.45, 2.75) is 31.8 Å². The van der Waals surface area contributed by atoms with Gasteiger partial charge in [-0.3, -0.25) is 0 Å². The Labute approximate surface area is 92.6 Å². The Morgan fingerprint density at radius 3 is 3.20 bits per heavy atom. The molecule has 5 heteroatoms. The molecule has 1 aromatic heterocycles. The first-order valence-electron chi connectivity index (χ1n) is 5.04. The third-order valence-corrected chi connectivity index (χ3v) is 2.70. The van der Waals surface area contributed by atoms with Gasteiger partial charge in [-0.25, -0.2) is 14.4 Å². The molecule has 0 bridgehead atoms. The van der Waals surface area contributed by atoms with Gasteiger partial charge >= 0.3 is 0 Å². The summed E-state index contributed by atoms with van der Waals surface area (Å²) < 4.78 is 18.7. The van der Waals surface area contributed by atoms with Crippen molar-refractivity contribution in [3.63, 3.8) is 0 Å². The molecule has 1 aliphatic heterocycles. The molecule has 1 fully saturated rings. The highest BCUT2D eigenvalue weighted by Gasteiger charge is 2.16. The zero-order valence-corrected chi connectivity index (χ0v) is 9.00. The molecular weight excluding hydrogens is 219 g/mol. The summed E-state index contributed by atoms with van der Waals surface area (Å²) in [6, 6.07) is 0. The number of ether oxygens (including phenoxy) is 1. The molecule has 1 atom stereocenters. The average molecular weight is 231 g/mol. The largest absolute Gasteiger partial charge is 0.378 e. The molecule has 2 rings (SSSR count). The second-order valence-corrected chi connectivity index (χ2v) is 3.95. The molecule has 82 valence electrons. The van der Waals surface area contributed by atoms with Gasteiger partial charge in [0.15, 0.2) is 5.82 Å². The highest BCUT2D eigenvalue weighted by atomic mass is 35.5. The SMILES string of the molecule is Fc1cnc(Cl)nc1CCC1CCCO1. The molecule has 0 spiro atoms. The summed E-state index contributed by atoms with van der Waals surface area (Å²) in [5, 5.41) is 0.0961. The van der Waals surface area contributed by atoms with Crippen molar-refractivity contribution in [1.82, 2.24) is 9.97 Å². The highest BCUT2D eigenvalue weighted by Crippen LogP contribution is 2.18. The third kappa shape index (κ3) is 2.86. The van der Waals surface area contributed by atoms with E-state index in [0.29, 0.717) is 12.1 Å². The van der Waals surface area contributed by atoms with Crippen LogP contribution in [-0.2, 0) is 11.2 Å². The van der Waals surface area contributed by atoms with E-state index < -0.39 is 5.82 Å². The van der Waals surface area contributed by atoms with Gasteiger partial charge in [-0.1, -0.05) is 0 Å². The van der Waals surface area contributed by atoms with Gasteiger partial charge in [0.1, 0.15) is 0 Å². The summed E-state index contributed by atoms with van der Waals surface area (Å²) in [4.78, 5) is 7.42. The van der Waals surface area contributed by atoms with Gasteiger partial charge in [-0.2, -0.15) is 0 Å². The van der Waals surface area contributed by atoms with Crippen LogP contribution in [0.15, 0.2) is 6.20 Å². The summed E-state index contributed by atoms with van der Waals surface area (Å²) in [5.74, 6) is -0.391. The summed E-state index contributed by atoms with van der Waals surface area (Å²) in [6.07, 6.45) is 4.86. The molecule has 0 N–H and O–H groups in total. The predicted octanol–water partition coefficient (Wildman–Crippen LogP) is 2.38. The lowest BCUT2D eigenvalue weighted by Crippen LogP contribution is -2.08. The van der Waals surface area contributed by atoms with Crippen LogP contribution in [0.25, 0.3) is 0 Å². The average Bonchev–Trinajstić information content (AvgIpc) is 2.72. The number of aromatic nitrogens is 2. The molecule has 1 aromatic rings. The van der Waals surface area contributed by atoms with E-state index in [4.69, 9.17) is 16.3 Å². The fourth-order valence-electron chi connectivity index (χ4n) is 1.72. The molecule has 0 radical (unpaired) electrons. The van der Waals surface area contributed by atoms with Crippen molar-refractivity contribution in [3.8, 4) is 0 Å². The lowest BCUT2D eigenvalue weighted by Gasteiger charge is -2.08. The molecule has 15 heavy (non-hydrogen) atoms. The standard InChI is InChI=1S/C10H12ClFN2O/c11-10-13-6-8(12)9(14-10)4-3-7-2-1-5-15-7/h6-7H,1-5H2. The van der Waals surface area contributed by atoms with Crippen molar-refractivity contribution in [1.29, 1.82) is 0 Å². The Morgan fingerprint density at radius 2 is 2.47 bits per heavy atom. The van der Waals surface area contributed by atoms with Crippen molar-refractivity contribution in [3.05, 3.63) is 23.0 Å². The van der Waals surface area contributed by atoms with Crippen LogP contribution in [0.3, 0.4) is 0 Å². The minimum Gasteiger partial charge on any atom is -0.378 e. The molecule has 0 amide bonds. The first-order chi connectivity index (χ1) is 7.25. The second-order valence-electron chi connectivity index (χ2n) is 3.61. The van der Waals surface area contributed by atoms with Crippen molar-refractivity contribution < 1.29 is 9.13 Å². The minimum absolute atomic E-state index is 0.0961. The summed E-state index contributed by atoms with van der Waals surface area (Å²) in [6.45, 7) is 0.817. The molecule has 0 saturated carbocycles. The van der Waals surface area contributed by atoms with Crippen LogP contribution in [0, 0.1) is 5.82 Å². The second kappa shape index (κ2) is 4.86. The number of hydrogen-bond donors (Lipinski definition) is 0. The Hall–Kier alpha value is -0.740. The number of rotatable bonds is 3. The van der Waals surface area contributed by atoms with Gasteiger partial charge in [-0.15, -0.1) is 0 Å². The molecule has 1 aliphatic rings. The number of halogens is 2. The maximum absolute atomic E-state index is 13.2. The summed E-state index contributed by atoms with van der Waals surface area (Å²) in [5.41, 5.74) is 0.380. The van der Waals surface area contributed by atoms with Crippen LogP contribution in [-0.4, -0.2) is 22.7 Å². The van der Waals surface area contributed by atoms with Crippen LogP contribution in [0.2, 0.25) is 5.28 Å². The number of nitrogens with zero attached hydrogens (tertiary/aromatic N) is 2. The summed E-state index contributed by atoms with van der Waals surface area (Å²) in [7, 11) is 0. The molecule has 1 saturated heterocycles.